The molecule has 8 rings (SSSR count). The van der Waals surface area contributed by atoms with Gasteiger partial charge in [0.1, 0.15) is 0 Å². The quantitative estimate of drug-likeness (QED) is 0.248. The molecule has 0 aliphatic heterocycles. The number of rotatable bonds is 1. The Morgan fingerprint density at radius 1 is 0.438 bits per heavy atom. The van der Waals surface area contributed by atoms with E-state index in [9.17, 15) is 0 Å². The molecule has 0 bridgehead atoms. The van der Waals surface area contributed by atoms with E-state index in [1.54, 1.807) is 0 Å². The van der Waals surface area contributed by atoms with E-state index in [1.807, 2.05) is 11.3 Å². The summed E-state index contributed by atoms with van der Waals surface area (Å²) in [5.74, 6) is 0. The van der Waals surface area contributed by atoms with Crippen LogP contribution in [0.5, 0.6) is 0 Å². The first-order valence-electron chi connectivity index (χ1n) is 11.0. The average Bonchev–Trinajstić information content (AvgIpc) is 3.50. The molecule has 3 aromatic heterocycles. The van der Waals surface area contributed by atoms with E-state index in [0.717, 1.165) is 0 Å². The molecule has 8 aromatic rings. The van der Waals surface area contributed by atoms with Gasteiger partial charge in [-0.1, -0.05) is 66.7 Å². The lowest BCUT2D eigenvalue weighted by molar-refractivity contribution is 1.37. The zero-order valence-electron chi connectivity index (χ0n) is 17.2. The van der Waals surface area contributed by atoms with Gasteiger partial charge in [-0.2, -0.15) is 0 Å². The first-order valence-corrected chi connectivity index (χ1v) is 11.8. The fourth-order valence-electron chi connectivity index (χ4n) is 5.52. The zero-order chi connectivity index (χ0) is 20.8. The van der Waals surface area contributed by atoms with E-state index in [-0.39, 0.29) is 0 Å². The molecule has 1 nitrogen and oxygen atoms in total. The summed E-state index contributed by atoms with van der Waals surface area (Å²) >= 11 is 1.87. The molecule has 148 valence electrons. The first-order chi connectivity index (χ1) is 15.9. The van der Waals surface area contributed by atoms with Crippen LogP contribution in [0.1, 0.15) is 0 Å². The molecule has 3 heterocycles. The van der Waals surface area contributed by atoms with Crippen molar-refractivity contribution in [3.8, 4) is 11.1 Å². The van der Waals surface area contributed by atoms with Crippen LogP contribution in [-0.4, -0.2) is 4.40 Å². The highest BCUT2D eigenvalue weighted by molar-refractivity contribution is 7.25. The van der Waals surface area contributed by atoms with Crippen molar-refractivity contribution in [3.05, 3.63) is 103 Å². The van der Waals surface area contributed by atoms with Gasteiger partial charge >= 0.3 is 0 Å². The monoisotopic (exact) mass is 423 g/mol. The molecule has 2 heteroatoms. The lowest BCUT2D eigenvalue weighted by Crippen LogP contribution is -1.82. The molecule has 0 radical (unpaired) electrons. The standard InChI is InChI=1S/C30H17NS/c1-3-10-26-20(6-1)22-8-5-9-23-24-16-18(12-14-27(24)31(26)30(22)23)19-13-15-29-25(17-19)21-7-2-4-11-28(21)32-29/h1-17H. The van der Waals surface area contributed by atoms with Gasteiger partial charge in [0, 0.05) is 41.7 Å². The summed E-state index contributed by atoms with van der Waals surface area (Å²) in [6, 6.07) is 38.0. The predicted molar refractivity (Wildman–Crippen MR) is 139 cm³/mol. The lowest BCUT2D eigenvalue weighted by Gasteiger charge is -2.04. The maximum Gasteiger partial charge on any atom is 0.0620 e. The van der Waals surface area contributed by atoms with Gasteiger partial charge in [-0.05, 0) is 47.5 Å². The van der Waals surface area contributed by atoms with Crippen LogP contribution < -0.4 is 0 Å². The van der Waals surface area contributed by atoms with Crippen molar-refractivity contribution in [3.63, 3.8) is 0 Å². The van der Waals surface area contributed by atoms with Crippen LogP contribution in [0.4, 0.5) is 0 Å². The number of benzene rings is 5. The van der Waals surface area contributed by atoms with Gasteiger partial charge in [0.05, 0.1) is 16.6 Å². The second-order valence-corrected chi connectivity index (χ2v) is 9.68. The van der Waals surface area contributed by atoms with Crippen molar-refractivity contribution in [1.29, 1.82) is 0 Å². The third-order valence-electron chi connectivity index (χ3n) is 6.93. The lowest BCUT2D eigenvalue weighted by atomic mass is 10.00. The molecule has 0 fully saturated rings. The molecular formula is C30H17NS. The zero-order valence-corrected chi connectivity index (χ0v) is 18.0. The number of para-hydroxylation sites is 2. The van der Waals surface area contributed by atoms with E-state index in [1.165, 1.54) is 69.4 Å². The van der Waals surface area contributed by atoms with Crippen molar-refractivity contribution in [2.75, 3.05) is 0 Å². The van der Waals surface area contributed by atoms with Gasteiger partial charge in [-0.25, -0.2) is 0 Å². The van der Waals surface area contributed by atoms with Crippen LogP contribution in [0.25, 0.3) is 69.4 Å². The van der Waals surface area contributed by atoms with Crippen LogP contribution in [0.2, 0.25) is 0 Å². The normalized spacial score (nSPS) is 12.4. The number of aromatic nitrogens is 1. The number of fused-ring (bicyclic) bond motifs is 9. The first kappa shape index (κ1) is 16.8. The minimum atomic E-state index is 1.27. The average molecular weight is 424 g/mol. The molecule has 0 aliphatic rings. The van der Waals surface area contributed by atoms with Crippen LogP contribution in [0.3, 0.4) is 0 Å². The molecular weight excluding hydrogens is 406 g/mol. The SMILES string of the molecule is c1ccc2c(c1)sc1ccc(-c3ccc4c(c3)c3cccc5c6ccccc6n4c53)cc12. The number of hydrogen-bond donors (Lipinski definition) is 0. The Kier molecular flexibility index (Phi) is 3.08. The van der Waals surface area contributed by atoms with Crippen molar-refractivity contribution >= 4 is 69.6 Å². The summed E-state index contributed by atoms with van der Waals surface area (Å²) in [5, 5.41) is 8.02. The van der Waals surface area contributed by atoms with Gasteiger partial charge in [-0.3, -0.25) is 0 Å². The van der Waals surface area contributed by atoms with Crippen LogP contribution in [0, 0.1) is 0 Å². The molecule has 0 amide bonds. The summed E-state index contributed by atoms with van der Waals surface area (Å²) in [6.07, 6.45) is 0. The molecule has 0 N–H and O–H groups in total. The highest BCUT2D eigenvalue weighted by Crippen LogP contribution is 2.41. The Labute approximate surface area is 188 Å². The van der Waals surface area contributed by atoms with Crippen molar-refractivity contribution < 1.29 is 0 Å². The largest absolute Gasteiger partial charge is 0.308 e. The Morgan fingerprint density at radius 3 is 1.97 bits per heavy atom. The fraction of sp³-hybridized carbons (Fsp3) is 0. The molecule has 0 saturated heterocycles. The van der Waals surface area contributed by atoms with Gasteiger partial charge in [-0.15, -0.1) is 11.3 Å². The molecule has 32 heavy (non-hydrogen) atoms. The second kappa shape index (κ2) is 5.87. The summed E-state index contributed by atoms with van der Waals surface area (Å²) in [7, 11) is 0. The highest BCUT2D eigenvalue weighted by Gasteiger charge is 2.17. The Morgan fingerprint density at radius 2 is 1.06 bits per heavy atom. The molecule has 5 aromatic carbocycles. The Balaban J connectivity index is 1.44. The van der Waals surface area contributed by atoms with Crippen LogP contribution in [-0.2, 0) is 0 Å². The van der Waals surface area contributed by atoms with E-state index >= 15 is 0 Å². The maximum absolute atomic E-state index is 2.44. The summed E-state index contributed by atoms with van der Waals surface area (Å²) in [6.45, 7) is 0. The second-order valence-electron chi connectivity index (χ2n) is 8.60. The van der Waals surface area contributed by atoms with Crippen LogP contribution in [0.15, 0.2) is 103 Å². The van der Waals surface area contributed by atoms with Crippen LogP contribution >= 0.6 is 11.3 Å². The summed E-state index contributed by atoms with van der Waals surface area (Å²) in [5.41, 5.74) is 6.45. The summed E-state index contributed by atoms with van der Waals surface area (Å²) in [4.78, 5) is 0. The van der Waals surface area contributed by atoms with E-state index in [0.29, 0.717) is 0 Å². The summed E-state index contributed by atoms with van der Waals surface area (Å²) < 4.78 is 5.14. The number of nitrogens with zero attached hydrogens (tertiary/aromatic N) is 1. The van der Waals surface area contributed by atoms with E-state index in [2.05, 4.69) is 108 Å². The minimum Gasteiger partial charge on any atom is -0.308 e. The topological polar surface area (TPSA) is 4.41 Å². The molecule has 0 aliphatic carbocycles. The fourth-order valence-corrected chi connectivity index (χ4v) is 6.60. The molecule has 0 saturated carbocycles. The predicted octanol–water partition coefficient (Wildman–Crippen LogP) is 8.87. The third kappa shape index (κ3) is 2.03. The number of thiophene rings is 1. The van der Waals surface area contributed by atoms with Crippen molar-refractivity contribution in [2.24, 2.45) is 0 Å². The molecule has 0 spiro atoms. The van der Waals surface area contributed by atoms with Gasteiger partial charge in [0.15, 0.2) is 0 Å². The Hall–Kier alpha value is -3.88. The van der Waals surface area contributed by atoms with Crippen molar-refractivity contribution in [2.45, 2.75) is 0 Å². The highest BCUT2D eigenvalue weighted by atomic mass is 32.1. The molecule has 0 atom stereocenters. The Bertz CT molecular complexity index is 1990. The maximum atomic E-state index is 2.44. The van der Waals surface area contributed by atoms with Crippen molar-refractivity contribution in [1.82, 2.24) is 4.40 Å². The third-order valence-corrected chi connectivity index (χ3v) is 8.08. The molecule has 0 unspecified atom stereocenters. The van der Waals surface area contributed by atoms with Gasteiger partial charge < -0.3 is 4.40 Å². The number of hydrogen-bond acceptors (Lipinski definition) is 1. The van der Waals surface area contributed by atoms with Gasteiger partial charge in [0.2, 0.25) is 0 Å². The minimum absolute atomic E-state index is 1.27. The van der Waals surface area contributed by atoms with E-state index < -0.39 is 0 Å². The van der Waals surface area contributed by atoms with E-state index in [4.69, 9.17) is 0 Å². The smallest absolute Gasteiger partial charge is 0.0620 e. The van der Waals surface area contributed by atoms with Gasteiger partial charge in [0.25, 0.3) is 0 Å².